The van der Waals surface area contributed by atoms with Gasteiger partial charge in [0, 0.05) is 0 Å². The van der Waals surface area contributed by atoms with Gasteiger partial charge in [0.25, 0.3) is 0 Å². The van der Waals surface area contributed by atoms with Crippen molar-refractivity contribution in [3.8, 4) is 0 Å². The van der Waals surface area contributed by atoms with Crippen molar-refractivity contribution in [2.75, 3.05) is 19.8 Å². The van der Waals surface area contributed by atoms with Crippen molar-refractivity contribution in [1.82, 2.24) is 5.32 Å². The van der Waals surface area contributed by atoms with Gasteiger partial charge in [0.1, 0.15) is 6.61 Å². The molecule has 0 bridgehead atoms. The van der Waals surface area contributed by atoms with Crippen LogP contribution in [0.5, 0.6) is 0 Å². The van der Waals surface area contributed by atoms with E-state index in [1.807, 2.05) is 30.3 Å². The minimum absolute atomic E-state index is 0.0545. The molecule has 0 saturated heterocycles. The summed E-state index contributed by atoms with van der Waals surface area (Å²) in [7, 11) is -1.87. The van der Waals surface area contributed by atoms with E-state index in [0.717, 1.165) is 5.56 Å². The summed E-state index contributed by atoms with van der Waals surface area (Å²) in [6, 6.07) is 9.27. The first kappa shape index (κ1) is 20.8. The number of ether oxygens (including phenoxy) is 1. The number of hydrogen-bond acceptors (Lipinski definition) is 5. The van der Waals surface area contributed by atoms with Crippen molar-refractivity contribution in [2.45, 2.75) is 51.6 Å². The lowest BCUT2D eigenvalue weighted by atomic mass is 10.2. The minimum Gasteiger partial charge on any atom is -0.460 e. The van der Waals surface area contributed by atoms with Gasteiger partial charge in [-0.25, -0.2) is 0 Å². The fourth-order valence-corrected chi connectivity index (χ4v) is 2.77. The second kappa shape index (κ2) is 9.32. The van der Waals surface area contributed by atoms with Gasteiger partial charge >= 0.3 is 5.97 Å². The van der Waals surface area contributed by atoms with Crippen LogP contribution in [0.3, 0.4) is 0 Å². The van der Waals surface area contributed by atoms with E-state index < -0.39 is 8.32 Å². The highest BCUT2D eigenvalue weighted by atomic mass is 28.4. The molecule has 1 aromatic rings. The van der Waals surface area contributed by atoms with Crippen molar-refractivity contribution < 1.29 is 19.1 Å². The molecule has 0 amide bonds. The second-order valence-electron chi connectivity index (χ2n) is 7.48. The van der Waals surface area contributed by atoms with Crippen LogP contribution in [-0.4, -0.2) is 45.2 Å². The van der Waals surface area contributed by atoms with E-state index in [-0.39, 0.29) is 36.8 Å². The zero-order valence-corrected chi connectivity index (χ0v) is 16.5. The highest BCUT2D eigenvalue weighted by molar-refractivity contribution is 6.74. The maximum absolute atomic E-state index is 11.8. The lowest BCUT2D eigenvalue weighted by molar-refractivity contribution is -0.144. The van der Waals surface area contributed by atoms with Gasteiger partial charge in [-0.2, -0.15) is 0 Å². The number of nitrogens with one attached hydrogen (secondary N) is 1. The molecule has 6 heteroatoms. The van der Waals surface area contributed by atoms with Crippen LogP contribution in [0.15, 0.2) is 30.3 Å². The molecule has 1 rings (SSSR count). The van der Waals surface area contributed by atoms with Gasteiger partial charge in [0.2, 0.25) is 0 Å². The third-order valence-electron chi connectivity index (χ3n) is 4.45. The summed E-state index contributed by atoms with van der Waals surface area (Å²) in [5.74, 6) is -0.343. The van der Waals surface area contributed by atoms with Crippen LogP contribution in [-0.2, 0) is 20.6 Å². The molecular weight excluding hydrogens is 322 g/mol. The number of benzene rings is 1. The molecule has 0 fully saturated rings. The molecule has 0 aliphatic rings. The third kappa shape index (κ3) is 7.13. The summed E-state index contributed by atoms with van der Waals surface area (Å²) in [6.45, 7) is 11.4. The fourth-order valence-electron chi connectivity index (χ4n) is 1.72. The first-order valence-corrected chi connectivity index (χ1v) is 11.2. The molecule has 0 aliphatic heterocycles. The van der Waals surface area contributed by atoms with E-state index in [1.54, 1.807) is 0 Å². The van der Waals surface area contributed by atoms with E-state index in [1.165, 1.54) is 0 Å². The number of aliphatic hydroxyl groups is 1. The Morgan fingerprint density at radius 1 is 1.25 bits per heavy atom. The maximum Gasteiger partial charge on any atom is 0.320 e. The number of esters is 1. The van der Waals surface area contributed by atoms with Gasteiger partial charge in [-0.15, -0.1) is 0 Å². The van der Waals surface area contributed by atoms with Gasteiger partial charge in [-0.1, -0.05) is 51.1 Å². The van der Waals surface area contributed by atoms with Crippen LogP contribution in [0.4, 0.5) is 0 Å². The molecule has 0 unspecified atom stereocenters. The summed E-state index contributed by atoms with van der Waals surface area (Å²) < 4.78 is 11.3. The first-order valence-electron chi connectivity index (χ1n) is 8.33. The van der Waals surface area contributed by atoms with E-state index in [4.69, 9.17) is 9.16 Å². The van der Waals surface area contributed by atoms with Crippen molar-refractivity contribution in [3.63, 3.8) is 0 Å². The maximum atomic E-state index is 11.8. The second-order valence-corrected chi connectivity index (χ2v) is 12.3. The predicted octanol–water partition coefficient (Wildman–Crippen LogP) is 2.70. The molecule has 0 saturated carbocycles. The summed E-state index contributed by atoms with van der Waals surface area (Å²) >= 11 is 0. The summed E-state index contributed by atoms with van der Waals surface area (Å²) in [5, 5.41) is 12.6. The Kier molecular flexibility index (Phi) is 8.09. The van der Waals surface area contributed by atoms with Crippen LogP contribution >= 0.6 is 0 Å². The standard InChI is InChI=1S/C18H31NO4Si/c1-18(2,3)24(4,5)23-14-16(12-20)19-11-17(21)22-13-15-9-7-6-8-10-15/h6-10,16,19-20H,11-14H2,1-5H3/t16-/m1/s1. The number of rotatable bonds is 9. The number of carbonyl (C=O) groups is 1. The van der Waals surface area contributed by atoms with Gasteiger partial charge < -0.3 is 14.3 Å². The molecule has 0 aromatic heterocycles. The normalized spacial score (nSPS) is 13.6. The summed E-state index contributed by atoms with van der Waals surface area (Å²) in [5.41, 5.74) is 0.950. The molecule has 1 aromatic carbocycles. The van der Waals surface area contributed by atoms with E-state index in [0.29, 0.717) is 6.61 Å². The van der Waals surface area contributed by atoms with Crippen molar-refractivity contribution in [3.05, 3.63) is 35.9 Å². The van der Waals surface area contributed by atoms with Crippen molar-refractivity contribution >= 4 is 14.3 Å². The van der Waals surface area contributed by atoms with Gasteiger partial charge in [0.15, 0.2) is 8.32 Å². The van der Waals surface area contributed by atoms with E-state index >= 15 is 0 Å². The van der Waals surface area contributed by atoms with Crippen molar-refractivity contribution in [1.29, 1.82) is 0 Å². The van der Waals surface area contributed by atoms with Crippen LogP contribution in [0.1, 0.15) is 26.3 Å². The van der Waals surface area contributed by atoms with Gasteiger partial charge in [-0.05, 0) is 23.7 Å². The van der Waals surface area contributed by atoms with E-state index in [9.17, 15) is 9.90 Å². The van der Waals surface area contributed by atoms with E-state index in [2.05, 4.69) is 39.2 Å². The summed E-state index contributed by atoms with van der Waals surface area (Å²) in [4.78, 5) is 11.8. The largest absolute Gasteiger partial charge is 0.460 e. The zero-order valence-electron chi connectivity index (χ0n) is 15.5. The third-order valence-corrected chi connectivity index (χ3v) is 8.95. The molecule has 24 heavy (non-hydrogen) atoms. The Hall–Kier alpha value is -1.21. The number of carbonyl (C=O) groups excluding carboxylic acids is 1. The highest BCUT2D eigenvalue weighted by Gasteiger charge is 2.37. The SMILES string of the molecule is CC(C)(C)[Si](C)(C)OC[C@@H](CO)NCC(=O)OCc1ccccc1. The number of aliphatic hydroxyl groups excluding tert-OH is 1. The lowest BCUT2D eigenvalue weighted by Crippen LogP contribution is -2.47. The van der Waals surface area contributed by atoms with Crippen LogP contribution in [0.2, 0.25) is 18.1 Å². The first-order chi connectivity index (χ1) is 11.2. The lowest BCUT2D eigenvalue weighted by Gasteiger charge is -2.37. The minimum atomic E-state index is -1.87. The van der Waals surface area contributed by atoms with Crippen LogP contribution in [0, 0.1) is 0 Å². The molecule has 5 nitrogen and oxygen atoms in total. The fraction of sp³-hybridized carbons (Fsp3) is 0.611. The van der Waals surface area contributed by atoms with Crippen LogP contribution < -0.4 is 5.32 Å². The Morgan fingerprint density at radius 3 is 2.42 bits per heavy atom. The van der Waals surface area contributed by atoms with Crippen LogP contribution in [0.25, 0.3) is 0 Å². The Bertz CT molecular complexity index is 499. The predicted molar refractivity (Wildman–Crippen MR) is 98.3 cm³/mol. The Labute approximate surface area is 146 Å². The Morgan fingerprint density at radius 2 is 1.88 bits per heavy atom. The molecule has 0 heterocycles. The van der Waals surface area contributed by atoms with Gasteiger partial charge in [0.05, 0.1) is 25.8 Å². The summed E-state index contributed by atoms with van der Waals surface area (Å²) in [6.07, 6.45) is 0. The monoisotopic (exact) mass is 353 g/mol. The smallest absolute Gasteiger partial charge is 0.320 e. The molecule has 0 spiro atoms. The number of hydrogen-bond donors (Lipinski definition) is 2. The molecule has 2 N–H and O–H groups in total. The average molecular weight is 354 g/mol. The molecular formula is C18H31NO4Si. The molecule has 0 radical (unpaired) electrons. The molecule has 1 atom stereocenters. The highest BCUT2D eigenvalue weighted by Crippen LogP contribution is 2.36. The topological polar surface area (TPSA) is 67.8 Å². The van der Waals surface area contributed by atoms with Gasteiger partial charge in [-0.3, -0.25) is 10.1 Å². The zero-order chi connectivity index (χ0) is 18.2. The Balaban J connectivity index is 2.34. The molecule has 0 aliphatic carbocycles. The quantitative estimate of drug-likeness (QED) is 0.528. The average Bonchev–Trinajstić information content (AvgIpc) is 2.53. The molecule has 136 valence electrons. The van der Waals surface area contributed by atoms with Crippen molar-refractivity contribution in [2.24, 2.45) is 0 Å².